The van der Waals surface area contributed by atoms with Gasteiger partial charge in [0, 0.05) is 47.9 Å². The van der Waals surface area contributed by atoms with Crippen LogP contribution in [-0.4, -0.2) is 75.5 Å². The lowest BCUT2D eigenvalue weighted by Crippen LogP contribution is -2.74. The van der Waals surface area contributed by atoms with Crippen molar-refractivity contribution in [1.82, 2.24) is 25.8 Å². The third-order valence-electron chi connectivity index (χ3n) is 13.3. The van der Waals surface area contributed by atoms with Crippen LogP contribution in [0.5, 0.6) is 5.75 Å². The minimum atomic E-state index is -0.881. The molecule has 3 aromatic carbocycles. The van der Waals surface area contributed by atoms with Gasteiger partial charge in [0.15, 0.2) is 0 Å². The zero-order valence-corrected chi connectivity index (χ0v) is 41.2. The minimum absolute atomic E-state index is 0.0134. The van der Waals surface area contributed by atoms with E-state index in [0.29, 0.717) is 28.3 Å². The van der Waals surface area contributed by atoms with Crippen molar-refractivity contribution < 1.29 is 29.0 Å². The maximum atomic E-state index is 14.1. The first-order valence-corrected chi connectivity index (χ1v) is 24.2. The van der Waals surface area contributed by atoms with Crippen LogP contribution in [0, 0.1) is 34.5 Å². The number of hydrogen-bond donors (Lipinski definition) is 4. The molecule has 4 amide bonds. The molecule has 4 aromatic rings. The molecule has 4 atom stereocenters. The number of carbonyl (C=O) groups is 4. The van der Waals surface area contributed by atoms with Crippen molar-refractivity contribution in [2.45, 2.75) is 144 Å². The predicted molar refractivity (Wildman–Crippen MR) is 259 cm³/mol. The number of nitrogens with one attached hydrogen (secondary N) is 3. The van der Waals surface area contributed by atoms with Gasteiger partial charge in [0.2, 0.25) is 17.7 Å². The number of ether oxygens (including phenoxy) is 1. The SMILES string of the molecule is Cc1ncsc1-c1ccc([C@H](C)NC(=O)[C@@H]2C[C@@H](O)CN2C(=O)[C@@H](NC(=O)CCCCCCc2ccc(C(=O)NC3C(C)(C)C(Oc4ccc(C#N)c(Cl)c4)C3(C)C)cc2)C(C)(C)C)cc1. The van der Waals surface area contributed by atoms with Crippen LogP contribution in [0.3, 0.4) is 0 Å². The molecule has 1 aromatic heterocycles. The van der Waals surface area contributed by atoms with E-state index in [1.54, 1.807) is 29.5 Å². The molecule has 0 radical (unpaired) electrons. The number of nitriles is 1. The van der Waals surface area contributed by atoms with Gasteiger partial charge in [-0.25, -0.2) is 4.98 Å². The number of aromatic nitrogens is 1. The standard InChI is InChI=1S/C52H65ClN6O6S/c1-31(34-20-22-35(23-21-34)43-32(2)55-30-66-43)56-46(63)41-26-38(60)29-59(41)47(64)44(50(3,4)5)57-42(61)15-13-11-10-12-14-33-16-18-36(19-17-33)45(62)58-48-51(6,7)49(52(48,8)9)65-39-25-24-37(28-54)40(53)27-39/h16-25,27,30-31,38,41,44,48-49,60H,10-15,26,29H2,1-9H3,(H,56,63)(H,57,61)(H,58,62)/t31-,38+,41-,44+,48?,49?/m0/s1. The summed E-state index contributed by atoms with van der Waals surface area (Å²) in [5.74, 6) is -0.511. The highest BCUT2D eigenvalue weighted by Gasteiger charge is 2.64. The van der Waals surface area contributed by atoms with Gasteiger partial charge < -0.3 is 30.7 Å². The number of unbranched alkanes of at least 4 members (excludes halogenated alkanes) is 3. The Kier molecular flexibility index (Phi) is 15.7. The van der Waals surface area contributed by atoms with Gasteiger partial charge in [0.05, 0.1) is 38.8 Å². The van der Waals surface area contributed by atoms with Gasteiger partial charge >= 0.3 is 0 Å². The predicted octanol–water partition coefficient (Wildman–Crippen LogP) is 9.12. The molecular formula is C52H65ClN6O6S. The van der Waals surface area contributed by atoms with Gasteiger partial charge in [-0.1, -0.05) is 109 Å². The normalized spacial score (nSPS) is 20.6. The van der Waals surface area contributed by atoms with Crippen molar-refractivity contribution in [3.63, 3.8) is 0 Å². The molecule has 6 rings (SSSR count). The van der Waals surface area contributed by atoms with Gasteiger partial charge in [0.25, 0.3) is 5.91 Å². The summed E-state index contributed by atoms with van der Waals surface area (Å²) < 4.78 is 6.37. The van der Waals surface area contributed by atoms with Crippen LogP contribution in [0.15, 0.2) is 72.2 Å². The number of benzene rings is 3. The molecule has 352 valence electrons. The molecule has 1 saturated heterocycles. The van der Waals surface area contributed by atoms with E-state index in [-0.39, 0.29) is 72.0 Å². The van der Waals surface area contributed by atoms with Crippen LogP contribution < -0.4 is 20.7 Å². The summed E-state index contributed by atoms with van der Waals surface area (Å²) in [4.78, 5) is 61.3. The number of rotatable bonds is 17. The Morgan fingerprint density at radius 1 is 0.970 bits per heavy atom. The summed E-state index contributed by atoms with van der Waals surface area (Å²) in [6.07, 6.45) is 3.50. The first kappa shape index (κ1) is 50.1. The first-order chi connectivity index (χ1) is 31.1. The van der Waals surface area contributed by atoms with E-state index in [1.165, 1.54) is 4.90 Å². The van der Waals surface area contributed by atoms with Crippen molar-refractivity contribution in [2.75, 3.05) is 6.54 Å². The van der Waals surface area contributed by atoms with Crippen molar-refractivity contribution in [3.8, 4) is 22.3 Å². The van der Waals surface area contributed by atoms with Crippen LogP contribution in [0.25, 0.3) is 10.4 Å². The Bertz CT molecular complexity index is 2400. The minimum Gasteiger partial charge on any atom is -0.489 e. The van der Waals surface area contributed by atoms with E-state index in [1.807, 2.05) is 88.7 Å². The summed E-state index contributed by atoms with van der Waals surface area (Å²) in [6, 6.07) is 20.6. The Morgan fingerprint density at radius 2 is 1.64 bits per heavy atom. The fraction of sp³-hybridized carbons (Fsp3) is 0.500. The van der Waals surface area contributed by atoms with Crippen LogP contribution >= 0.6 is 22.9 Å². The number of amides is 4. The molecule has 0 bridgehead atoms. The molecule has 2 heterocycles. The Labute approximate surface area is 398 Å². The van der Waals surface area contributed by atoms with Gasteiger partial charge in [-0.2, -0.15) is 5.26 Å². The molecule has 2 aliphatic rings. The van der Waals surface area contributed by atoms with Crippen molar-refractivity contribution in [2.24, 2.45) is 16.2 Å². The van der Waals surface area contributed by atoms with Gasteiger partial charge in [0.1, 0.15) is 30.0 Å². The third kappa shape index (κ3) is 11.4. The number of carbonyl (C=O) groups excluding carboxylic acids is 4. The Balaban J connectivity index is 0.925. The molecule has 4 N–H and O–H groups in total. The Morgan fingerprint density at radius 3 is 2.24 bits per heavy atom. The van der Waals surface area contributed by atoms with Gasteiger partial charge in [-0.3, -0.25) is 19.2 Å². The van der Waals surface area contributed by atoms with Crippen LogP contribution in [-0.2, 0) is 20.8 Å². The number of halogens is 1. The topological polar surface area (TPSA) is 174 Å². The highest BCUT2D eigenvalue weighted by molar-refractivity contribution is 7.13. The fourth-order valence-corrected chi connectivity index (χ4v) is 10.9. The Hall–Kier alpha value is -5.29. The third-order valence-corrected chi connectivity index (χ3v) is 14.6. The molecule has 0 unspecified atom stereocenters. The summed E-state index contributed by atoms with van der Waals surface area (Å²) >= 11 is 7.83. The van der Waals surface area contributed by atoms with Crippen LogP contribution in [0.1, 0.15) is 133 Å². The van der Waals surface area contributed by atoms with Crippen LogP contribution in [0.2, 0.25) is 5.02 Å². The molecule has 1 saturated carbocycles. The summed E-state index contributed by atoms with van der Waals surface area (Å²) in [5, 5.41) is 29.5. The summed E-state index contributed by atoms with van der Waals surface area (Å²) in [7, 11) is 0. The zero-order chi connectivity index (χ0) is 48.1. The van der Waals surface area contributed by atoms with Crippen molar-refractivity contribution >= 4 is 46.6 Å². The first-order valence-electron chi connectivity index (χ1n) is 23.0. The van der Waals surface area contributed by atoms with E-state index in [2.05, 4.69) is 54.7 Å². The monoisotopic (exact) mass is 936 g/mol. The number of hydrogen-bond acceptors (Lipinski definition) is 9. The molecule has 1 aliphatic carbocycles. The number of nitrogens with zero attached hydrogens (tertiary/aromatic N) is 3. The van der Waals surface area contributed by atoms with E-state index in [4.69, 9.17) is 16.3 Å². The summed E-state index contributed by atoms with van der Waals surface area (Å²) in [5.41, 5.74) is 5.47. The molecule has 0 spiro atoms. The number of likely N-dealkylation sites (tertiary alicyclic amines) is 1. The lowest BCUT2D eigenvalue weighted by molar-refractivity contribution is -0.164. The molecule has 14 heteroatoms. The van der Waals surface area contributed by atoms with Crippen LogP contribution in [0.4, 0.5) is 0 Å². The second kappa shape index (κ2) is 20.7. The second-order valence-corrected chi connectivity index (χ2v) is 21.6. The number of aryl methyl sites for hydroxylation is 2. The van der Waals surface area contributed by atoms with Gasteiger partial charge in [-0.05, 0) is 79.5 Å². The maximum Gasteiger partial charge on any atom is 0.251 e. The van der Waals surface area contributed by atoms with Gasteiger partial charge in [-0.15, -0.1) is 11.3 Å². The molecule has 12 nitrogen and oxygen atoms in total. The van der Waals surface area contributed by atoms with E-state index in [9.17, 15) is 29.5 Å². The quantitative estimate of drug-likeness (QED) is 0.0759. The largest absolute Gasteiger partial charge is 0.489 e. The highest BCUT2D eigenvalue weighted by atomic mass is 35.5. The number of β-amino-alcohol motifs (C(OH)–C–C–N with tert-alkyl or cyclic N) is 1. The average molecular weight is 938 g/mol. The van der Waals surface area contributed by atoms with E-state index < -0.39 is 23.6 Å². The second-order valence-electron chi connectivity index (χ2n) is 20.3. The van der Waals surface area contributed by atoms with Crippen molar-refractivity contribution in [3.05, 3.63) is 105 Å². The van der Waals surface area contributed by atoms with E-state index in [0.717, 1.165) is 52.9 Å². The average Bonchev–Trinajstić information content (AvgIpc) is 3.89. The summed E-state index contributed by atoms with van der Waals surface area (Å²) in [6.45, 7) is 17.8. The highest BCUT2D eigenvalue weighted by Crippen LogP contribution is 2.55. The molecule has 1 aliphatic heterocycles. The smallest absolute Gasteiger partial charge is 0.251 e. The zero-order valence-electron chi connectivity index (χ0n) is 39.7. The molecule has 2 fully saturated rings. The maximum absolute atomic E-state index is 14.1. The molecule has 66 heavy (non-hydrogen) atoms. The van der Waals surface area contributed by atoms with Crippen molar-refractivity contribution in [1.29, 1.82) is 5.26 Å². The number of aliphatic hydroxyl groups is 1. The lowest BCUT2D eigenvalue weighted by Gasteiger charge is -2.63. The fourth-order valence-electron chi connectivity index (χ4n) is 9.85. The number of thiazole rings is 1. The van der Waals surface area contributed by atoms with E-state index >= 15 is 0 Å². The molecular weight excluding hydrogens is 872 g/mol. The number of aliphatic hydroxyl groups excluding tert-OH is 1. The lowest BCUT2D eigenvalue weighted by atomic mass is 9.49.